The zero-order chi connectivity index (χ0) is 19.5. The van der Waals surface area contributed by atoms with Gasteiger partial charge in [-0.3, -0.25) is 9.36 Å². The molecular weight excluding hydrogens is 388 g/mol. The van der Waals surface area contributed by atoms with E-state index >= 15 is 0 Å². The molecule has 0 spiro atoms. The summed E-state index contributed by atoms with van der Waals surface area (Å²) in [6, 6.07) is 5.05. The Hall–Kier alpha value is -1.34. The minimum atomic E-state index is 0.263. The second kappa shape index (κ2) is 6.59. The molecule has 2 aromatic heterocycles. The number of aromatic nitrogens is 3. The van der Waals surface area contributed by atoms with Crippen molar-refractivity contribution < 1.29 is 4.79 Å². The third kappa shape index (κ3) is 3.41. The van der Waals surface area contributed by atoms with Crippen molar-refractivity contribution in [2.45, 2.75) is 70.1 Å². The van der Waals surface area contributed by atoms with Gasteiger partial charge in [-0.25, -0.2) is 0 Å². The molecule has 28 heavy (non-hydrogen) atoms. The first-order valence-electron chi connectivity index (χ1n) is 10.2. The van der Waals surface area contributed by atoms with Crippen molar-refractivity contribution in [2.75, 3.05) is 12.3 Å². The van der Waals surface area contributed by atoms with Crippen LogP contribution >= 0.6 is 23.1 Å². The van der Waals surface area contributed by atoms with Gasteiger partial charge in [0.1, 0.15) is 0 Å². The molecule has 3 fully saturated rings. The molecule has 3 aliphatic rings. The van der Waals surface area contributed by atoms with Crippen molar-refractivity contribution in [3.63, 3.8) is 0 Å². The van der Waals surface area contributed by atoms with Crippen LogP contribution in [0.3, 0.4) is 0 Å². The van der Waals surface area contributed by atoms with Crippen molar-refractivity contribution in [1.29, 1.82) is 0 Å². The standard InChI is InChI=1S/C21H28N4OS2/c1-20(2)9-15-10-21(3,12-20)13-24(15)17(26)11-28-19-23-22-18(16-5-4-8-27-16)25(19)14-6-7-14/h4-5,8,14-15H,6-7,9-13H2,1-3H3/t15-,21-/m0/s1. The largest absolute Gasteiger partial charge is 0.338 e. The lowest BCUT2D eigenvalue weighted by Crippen LogP contribution is -2.38. The van der Waals surface area contributed by atoms with E-state index in [2.05, 4.69) is 57.9 Å². The number of hydrogen-bond acceptors (Lipinski definition) is 5. The van der Waals surface area contributed by atoms with Gasteiger partial charge in [-0.05, 0) is 54.4 Å². The monoisotopic (exact) mass is 416 g/mol. The fraction of sp³-hybridized carbons (Fsp3) is 0.667. The SMILES string of the molecule is CC1(C)C[C@H]2C[C@](C)(CN2C(=O)CSc2nnc(-c3cccs3)n2C2CC2)C1. The molecule has 3 heterocycles. The summed E-state index contributed by atoms with van der Waals surface area (Å²) in [6.45, 7) is 7.98. The van der Waals surface area contributed by atoms with Crippen LogP contribution in [-0.2, 0) is 4.79 Å². The van der Waals surface area contributed by atoms with E-state index in [1.54, 1.807) is 23.1 Å². The van der Waals surface area contributed by atoms with Crippen LogP contribution in [0.1, 0.15) is 58.9 Å². The van der Waals surface area contributed by atoms with E-state index < -0.39 is 0 Å². The van der Waals surface area contributed by atoms with Crippen LogP contribution in [0.5, 0.6) is 0 Å². The van der Waals surface area contributed by atoms with Crippen LogP contribution in [0, 0.1) is 10.8 Å². The van der Waals surface area contributed by atoms with Gasteiger partial charge in [-0.2, -0.15) is 0 Å². The number of amides is 1. The lowest BCUT2D eigenvalue weighted by Gasteiger charge is -2.39. The Bertz CT molecular complexity index is 886. The molecule has 2 aliphatic carbocycles. The minimum Gasteiger partial charge on any atom is -0.338 e. The van der Waals surface area contributed by atoms with Gasteiger partial charge in [-0.1, -0.05) is 38.6 Å². The number of thioether (sulfide) groups is 1. The molecule has 2 atom stereocenters. The first-order chi connectivity index (χ1) is 13.3. The van der Waals surface area contributed by atoms with Crippen LogP contribution in [-0.4, -0.2) is 43.9 Å². The van der Waals surface area contributed by atoms with Gasteiger partial charge in [0.15, 0.2) is 11.0 Å². The molecule has 0 aromatic carbocycles. The van der Waals surface area contributed by atoms with Gasteiger partial charge in [0.2, 0.25) is 5.91 Å². The zero-order valence-corrected chi connectivity index (χ0v) is 18.5. The van der Waals surface area contributed by atoms with E-state index in [1.165, 1.54) is 19.3 Å². The summed E-state index contributed by atoms with van der Waals surface area (Å²) < 4.78 is 2.26. The van der Waals surface area contributed by atoms with Crippen molar-refractivity contribution in [2.24, 2.45) is 10.8 Å². The van der Waals surface area contributed by atoms with Gasteiger partial charge in [-0.15, -0.1) is 21.5 Å². The Labute approximate surface area is 174 Å². The lowest BCUT2D eigenvalue weighted by atomic mass is 9.65. The molecule has 150 valence electrons. The number of rotatable bonds is 5. The maximum Gasteiger partial charge on any atom is 0.233 e. The van der Waals surface area contributed by atoms with Crippen molar-refractivity contribution in [3.8, 4) is 10.7 Å². The third-order valence-electron chi connectivity index (χ3n) is 6.38. The fourth-order valence-corrected chi connectivity index (χ4v) is 7.17. The first kappa shape index (κ1) is 18.7. The highest BCUT2D eigenvalue weighted by molar-refractivity contribution is 7.99. The van der Waals surface area contributed by atoms with E-state index in [-0.39, 0.29) is 11.3 Å². The maximum atomic E-state index is 13.1. The highest BCUT2D eigenvalue weighted by Crippen LogP contribution is 2.52. The molecule has 5 rings (SSSR count). The second-order valence-electron chi connectivity index (χ2n) is 9.91. The van der Waals surface area contributed by atoms with E-state index in [4.69, 9.17) is 0 Å². The van der Waals surface area contributed by atoms with Gasteiger partial charge in [0, 0.05) is 18.6 Å². The average molecular weight is 417 g/mol. The number of hydrogen-bond donors (Lipinski definition) is 0. The predicted octanol–water partition coefficient (Wildman–Crippen LogP) is 4.86. The molecule has 5 nitrogen and oxygen atoms in total. The maximum absolute atomic E-state index is 13.1. The smallest absolute Gasteiger partial charge is 0.233 e. The summed E-state index contributed by atoms with van der Waals surface area (Å²) in [5, 5.41) is 11.9. The molecular formula is C21H28N4OS2. The van der Waals surface area contributed by atoms with Crippen LogP contribution in [0.15, 0.2) is 22.7 Å². The highest BCUT2D eigenvalue weighted by atomic mass is 32.2. The predicted molar refractivity (Wildman–Crippen MR) is 114 cm³/mol. The number of fused-ring (bicyclic) bond motifs is 2. The van der Waals surface area contributed by atoms with E-state index in [1.807, 2.05) is 0 Å². The molecule has 2 aromatic rings. The van der Waals surface area contributed by atoms with Crippen molar-refractivity contribution >= 4 is 29.0 Å². The summed E-state index contributed by atoms with van der Waals surface area (Å²) in [5.41, 5.74) is 0.620. The Morgan fingerprint density at radius 3 is 2.79 bits per heavy atom. The van der Waals surface area contributed by atoms with Gasteiger partial charge in [0.25, 0.3) is 0 Å². The molecule has 1 saturated heterocycles. The summed E-state index contributed by atoms with van der Waals surface area (Å²) >= 11 is 3.26. The fourth-order valence-electron chi connectivity index (χ4n) is 5.57. The molecule has 1 aliphatic heterocycles. The number of likely N-dealkylation sites (tertiary alicyclic amines) is 1. The summed E-state index contributed by atoms with van der Waals surface area (Å²) in [5.74, 6) is 1.68. The number of nitrogens with zero attached hydrogens (tertiary/aromatic N) is 4. The van der Waals surface area contributed by atoms with Crippen LogP contribution in [0.25, 0.3) is 10.7 Å². The van der Waals surface area contributed by atoms with Crippen LogP contribution < -0.4 is 0 Å². The molecule has 2 bridgehead atoms. The Morgan fingerprint density at radius 2 is 2.07 bits per heavy atom. The summed E-state index contributed by atoms with van der Waals surface area (Å²) in [7, 11) is 0. The van der Waals surface area contributed by atoms with Crippen molar-refractivity contribution in [1.82, 2.24) is 19.7 Å². The summed E-state index contributed by atoms with van der Waals surface area (Å²) in [6.07, 6.45) is 5.86. The topological polar surface area (TPSA) is 51.0 Å². The molecule has 0 N–H and O–H groups in total. The normalized spacial score (nSPS) is 28.7. The van der Waals surface area contributed by atoms with Gasteiger partial charge >= 0.3 is 0 Å². The minimum absolute atomic E-state index is 0.263. The zero-order valence-electron chi connectivity index (χ0n) is 16.9. The average Bonchev–Trinajstić information content (AvgIpc) is 3.04. The molecule has 0 unspecified atom stereocenters. The lowest BCUT2D eigenvalue weighted by molar-refractivity contribution is -0.129. The molecule has 2 saturated carbocycles. The first-order valence-corrected chi connectivity index (χ1v) is 12.1. The summed E-state index contributed by atoms with van der Waals surface area (Å²) in [4.78, 5) is 16.4. The molecule has 7 heteroatoms. The number of carbonyl (C=O) groups is 1. The van der Waals surface area contributed by atoms with Crippen LogP contribution in [0.2, 0.25) is 0 Å². The van der Waals surface area contributed by atoms with Crippen molar-refractivity contribution in [3.05, 3.63) is 17.5 Å². The second-order valence-corrected chi connectivity index (χ2v) is 11.8. The Kier molecular flexibility index (Phi) is 4.40. The number of thiophene rings is 1. The highest BCUT2D eigenvalue weighted by Gasteiger charge is 2.50. The molecule has 0 radical (unpaired) electrons. The quantitative estimate of drug-likeness (QED) is 0.653. The third-order valence-corrected chi connectivity index (χ3v) is 8.17. The van der Waals surface area contributed by atoms with Gasteiger partial charge < -0.3 is 4.90 Å². The Balaban J connectivity index is 1.30. The van der Waals surface area contributed by atoms with E-state index in [0.717, 1.165) is 35.2 Å². The Morgan fingerprint density at radius 1 is 1.25 bits per heavy atom. The van der Waals surface area contributed by atoms with Crippen LogP contribution in [0.4, 0.5) is 0 Å². The van der Waals surface area contributed by atoms with E-state index in [9.17, 15) is 4.79 Å². The van der Waals surface area contributed by atoms with Gasteiger partial charge in [0.05, 0.1) is 10.6 Å². The molecule has 1 amide bonds. The van der Waals surface area contributed by atoms with E-state index in [0.29, 0.717) is 23.3 Å². The number of carbonyl (C=O) groups excluding carboxylic acids is 1.